The number of aliphatic hydroxyl groups is 2. The second-order valence-electron chi connectivity index (χ2n) is 6.76. The third kappa shape index (κ3) is 4.44. The fraction of sp³-hybridized carbons (Fsp3) is 1.00. The predicted molar refractivity (Wildman–Crippen MR) is 80.3 cm³/mol. The van der Waals surface area contributed by atoms with E-state index in [-0.39, 0.29) is 12.2 Å². The van der Waals surface area contributed by atoms with Gasteiger partial charge in [0.1, 0.15) is 0 Å². The van der Waals surface area contributed by atoms with Gasteiger partial charge in [-0.25, -0.2) is 0 Å². The first-order valence-electron chi connectivity index (χ1n) is 8.74. The summed E-state index contributed by atoms with van der Waals surface area (Å²) in [5.74, 6) is 0.752. The number of rotatable bonds is 9. The highest BCUT2D eigenvalue weighted by atomic mass is 16.6. The molecule has 2 fully saturated rings. The van der Waals surface area contributed by atoms with Crippen molar-refractivity contribution in [3.8, 4) is 0 Å². The number of hydrogen-bond acceptors (Lipinski definition) is 3. The minimum atomic E-state index is -0.585. The van der Waals surface area contributed by atoms with Crippen molar-refractivity contribution in [2.75, 3.05) is 0 Å². The third-order valence-electron chi connectivity index (χ3n) is 5.19. The molecule has 3 nitrogen and oxygen atoms in total. The van der Waals surface area contributed by atoms with Gasteiger partial charge in [0.05, 0.1) is 12.2 Å². The molecule has 20 heavy (non-hydrogen) atoms. The van der Waals surface area contributed by atoms with Gasteiger partial charge in [0.15, 0.2) is 6.29 Å². The largest absolute Gasteiger partial charge is 0.393 e. The van der Waals surface area contributed by atoms with E-state index in [0.29, 0.717) is 11.8 Å². The van der Waals surface area contributed by atoms with Crippen LogP contribution < -0.4 is 0 Å². The third-order valence-corrected chi connectivity index (χ3v) is 5.19. The van der Waals surface area contributed by atoms with Gasteiger partial charge in [-0.05, 0) is 18.3 Å². The van der Waals surface area contributed by atoms with E-state index in [4.69, 9.17) is 4.74 Å². The topological polar surface area (TPSA) is 49.7 Å². The molecular formula is C17H32O3. The molecule has 118 valence electrons. The summed E-state index contributed by atoms with van der Waals surface area (Å²) in [6, 6.07) is 0. The molecule has 0 amide bonds. The number of ether oxygens (including phenoxy) is 1. The summed E-state index contributed by atoms with van der Waals surface area (Å²) < 4.78 is 5.46. The van der Waals surface area contributed by atoms with Crippen molar-refractivity contribution in [3.63, 3.8) is 0 Å². The van der Waals surface area contributed by atoms with Crippen LogP contribution in [0, 0.1) is 11.8 Å². The first kappa shape index (κ1) is 16.3. The zero-order chi connectivity index (χ0) is 14.4. The van der Waals surface area contributed by atoms with Crippen LogP contribution in [0.5, 0.6) is 0 Å². The quantitative estimate of drug-likeness (QED) is 0.636. The van der Waals surface area contributed by atoms with Crippen LogP contribution in [-0.4, -0.2) is 28.7 Å². The zero-order valence-electron chi connectivity index (χ0n) is 13.0. The standard InChI is InChI=1S/C17H32O3/c1-2-3-4-5-6-7-8-9-10-13-14-11-17(19)20-16(14)12-15(13)18/h13-19H,2-12H2,1H3/t13-,14-,15-,16?,17?/m1/s1. The molecular weight excluding hydrogens is 252 g/mol. The van der Waals surface area contributed by atoms with Crippen molar-refractivity contribution >= 4 is 0 Å². The molecule has 1 saturated carbocycles. The monoisotopic (exact) mass is 284 g/mol. The van der Waals surface area contributed by atoms with Gasteiger partial charge in [0, 0.05) is 12.8 Å². The molecule has 0 radical (unpaired) electrons. The summed E-state index contributed by atoms with van der Waals surface area (Å²) in [5.41, 5.74) is 0. The molecule has 0 spiro atoms. The molecule has 1 saturated heterocycles. The Kier molecular flexibility index (Phi) is 6.79. The van der Waals surface area contributed by atoms with Gasteiger partial charge in [-0.3, -0.25) is 0 Å². The molecule has 5 atom stereocenters. The summed E-state index contributed by atoms with van der Waals surface area (Å²) in [6.45, 7) is 2.25. The lowest BCUT2D eigenvalue weighted by atomic mass is 9.87. The Balaban J connectivity index is 1.55. The molecule has 2 rings (SSSR count). The molecule has 2 aliphatic rings. The van der Waals surface area contributed by atoms with E-state index in [1.54, 1.807) is 0 Å². The highest BCUT2D eigenvalue weighted by Crippen LogP contribution is 2.44. The maximum Gasteiger partial charge on any atom is 0.155 e. The maximum absolute atomic E-state index is 10.1. The van der Waals surface area contributed by atoms with Crippen LogP contribution in [0.25, 0.3) is 0 Å². The van der Waals surface area contributed by atoms with Crippen molar-refractivity contribution in [1.82, 2.24) is 0 Å². The van der Waals surface area contributed by atoms with Crippen molar-refractivity contribution in [1.29, 1.82) is 0 Å². The molecule has 0 aromatic carbocycles. The van der Waals surface area contributed by atoms with Crippen LogP contribution in [0.3, 0.4) is 0 Å². The van der Waals surface area contributed by atoms with Gasteiger partial charge in [-0.1, -0.05) is 58.3 Å². The van der Waals surface area contributed by atoms with E-state index in [9.17, 15) is 10.2 Å². The van der Waals surface area contributed by atoms with E-state index < -0.39 is 6.29 Å². The van der Waals surface area contributed by atoms with Gasteiger partial charge in [0.25, 0.3) is 0 Å². The SMILES string of the molecule is CCCCCCCCCC[C@H]1[C@H](O)CC2OC(O)C[C@@H]21. The van der Waals surface area contributed by atoms with E-state index in [1.807, 2.05) is 0 Å². The van der Waals surface area contributed by atoms with Gasteiger partial charge in [-0.2, -0.15) is 0 Å². The van der Waals surface area contributed by atoms with E-state index in [1.165, 1.54) is 51.4 Å². The lowest BCUT2D eigenvalue weighted by Crippen LogP contribution is -2.20. The first-order chi connectivity index (χ1) is 9.72. The number of fused-ring (bicyclic) bond motifs is 1. The molecule has 0 bridgehead atoms. The van der Waals surface area contributed by atoms with Crippen molar-refractivity contribution in [2.24, 2.45) is 11.8 Å². The summed E-state index contributed by atoms with van der Waals surface area (Å²) >= 11 is 0. The van der Waals surface area contributed by atoms with Crippen molar-refractivity contribution in [3.05, 3.63) is 0 Å². The molecule has 0 aromatic heterocycles. The van der Waals surface area contributed by atoms with Gasteiger partial charge in [-0.15, -0.1) is 0 Å². The predicted octanol–water partition coefficient (Wildman–Crippen LogP) is 3.62. The molecule has 2 unspecified atom stereocenters. The molecule has 1 aliphatic carbocycles. The fourth-order valence-electron chi connectivity index (χ4n) is 4.04. The van der Waals surface area contributed by atoms with Crippen LogP contribution in [0.2, 0.25) is 0 Å². The smallest absolute Gasteiger partial charge is 0.155 e. The number of unbranched alkanes of at least 4 members (excludes halogenated alkanes) is 7. The molecule has 1 aliphatic heterocycles. The van der Waals surface area contributed by atoms with Crippen LogP contribution in [0.1, 0.15) is 77.6 Å². The highest BCUT2D eigenvalue weighted by Gasteiger charge is 2.48. The van der Waals surface area contributed by atoms with Gasteiger partial charge >= 0.3 is 0 Å². The average Bonchev–Trinajstić information content (AvgIpc) is 2.89. The van der Waals surface area contributed by atoms with Crippen molar-refractivity contribution < 1.29 is 14.9 Å². The van der Waals surface area contributed by atoms with Crippen LogP contribution in [0.4, 0.5) is 0 Å². The Bertz CT molecular complexity index is 269. The first-order valence-corrected chi connectivity index (χ1v) is 8.74. The summed E-state index contributed by atoms with van der Waals surface area (Å²) in [6.07, 6.45) is 12.5. The van der Waals surface area contributed by atoms with Gasteiger partial charge < -0.3 is 14.9 Å². The van der Waals surface area contributed by atoms with Crippen LogP contribution in [0.15, 0.2) is 0 Å². The molecule has 1 heterocycles. The normalized spacial score (nSPS) is 36.5. The summed E-state index contributed by atoms with van der Waals surface area (Å²) in [5, 5.41) is 19.7. The number of hydrogen-bond donors (Lipinski definition) is 2. The molecule has 0 aromatic rings. The lowest BCUT2D eigenvalue weighted by Gasteiger charge is -2.20. The number of aliphatic hydroxyl groups excluding tert-OH is 2. The Labute approximate surface area is 123 Å². The molecule has 2 N–H and O–H groups in total. The lowest BCUT2D eigenvalue weighted by molar-refractivity contribution is -0.0951. The maximum atomic E-state index is 10.1. The minimum absolute atomic E-state index is 0.110. The second kappa shape index (κ2) is 8.35. The summed E-state index contributed by atoms with van der Waals surface area (Å²) in [4.78, 5) is 0. The average molecular weight is 284 g/mol. The van der Waals surface area contributed by atoms with Gasteiger partial charge in [0.2, 0.25) is 0 Å². The van der Waals surface area contributed by atoms with Crippen LogP contribution in [-0.2, 0) is 4.74 Å². The Hall–Kier alpha value is -0.120. The second-order valence-corrected chi connectivity index (χ2v) is 6.76. The summed E-state index contributed by atoms with van der Waals surface area (Å²) in [7, 11) is 0. The Morgan fingerprint density at radius 2 is 1.55 bits per heavy atom. The fourth-order valence-corrected chi connectivity index (χ4v) is 4.04. The van der Waals surface area contributed by atoms with Crippen LogP contribution >= 0.6 is 0 Å². The highest BCUT2D eigenvalue weighted by molar-refractivity contribution is 4.95. The van der Waals surface area contributed by atoms with Crippen molar-refractivity contribution in [2.45, 2.75) is 96.1 Å². The Morgan fingerprint density at radius 3 is 2.25 bits per heavy atom. The van der Waals surface area contributed by atoms with E-state index in [0.717, 1.165) is 19.3 Å². The molecule has 3 heteroatoms. The zero-order valence-corrected chi connectivity index (χ0v) is 13.0. The van der Waals surface area contributed by atoms with E-state index >= 15 is 0 Å². The minimum Gasteiger partial charge on any atom is -0.393 e. The Morgan fingerprint density at radius 1 is 0.900 bits per heavy atom. The van der Waals surface area contributed by atoms with E-state index in [2.05, 4.69) is 6.92 Å².